The van der Waals surface area contributed by atoms with Crippen molar-refractivity contribution in [3.63, 3.8) is 0 Å². The molecule has 1 heterocycles. The minimum absolute atomic E-state index is 0.0520. The number of hydrogen-bond donors (Lipinski definition) is 0. The Balaban J connectivity index is 2.61. The van der Waals surface area contributed by atoms with Crippen molar-refractivity contribution in [1.82, 2.24) is 9.97 Å². The van der Waals surface area contributed by atoms with Crippen LogP contribution in [0.2, 0.25) is 0 Å². The highest BCUT2D eigenvalue weighted by Gasteiger charge is 2.12. The maximum Gasteiger partial charge on any atom is 0.224 e. The van der Waals surface area contributed by atoms with Gasteiger partial charge in [-0.05, 0) is 19.9 Å². The molecule has 0 aliphatic rings. The Bertz CT molecular complexity index is 555. The third-order valence-corrected chi connectivity index (χ3v) is 2.45. The van der Waals surface area contributed by atoms with E-state index in [1.807, 2.05) is 26.0 Å². The van der Waals surface area contributed by atoms with Crippen LogP contribution in [0.5, 0.6) is 17.4 Å². The van der Waals surface area contributed by atoms with Crippen molar-refractivity contribution in [3.8, 4) is 17.4 Å². The molecule has 0 saturated carbocycles. The summed E-state index contributed by atoms with van der Waals surface area (Å²) in [5.74, 6) is 1.82. The zero-order valence-corrected chi connectivity index (χ0v) is 10.9. The zero-order valence-electron chi connectivity index (χ0n) is 10.9. The van der Waals surface area contributed by atoms with E-state index < -0.39 is 0 Å². The Morgan fingerprint density at radius 3 is 2.28 bits per heavy atom. The van der Waals surface area contributed by atoms with E-state index in [4.69, 9.17) is 14.2 Å². The molecule has 18 heavy (non-hydrogen) atoms. The van der Waals surface area contributed by atoms with Crippen LogP contribution >= 0.6 is 0 Å². The van der Waals surface area contributed by atoms with Gasteiger partial charge < -0.3 is 14.2 Å². The van der Waals surface area contributed by atoms with Crippen LogP contribution < -0.4 is 14.2 Å². The molecular weight excluding hydrogens is 232 g/mol. The van der Waals surface area contributed by atoms with Gasteiger partial charge in [-0.3, -0.25) is 0 Å². The van der Waals surface area contributed by atoms with Gasteiger partial charge in [-0.25, -0.2) is 9.97 Å². The quantitative estimate of drug-likeness (QED) is 0.831. The van der Waals surface area contributed by atoms with Gasteiger partial charge in [0.25, 0.3) is 0 Å². The molecule has 0 aliphatic carbocycles. The number of rotatable bonds is 4. The molecular formula is C13H16N2O3. The van der Waals surface area contributed by atoms with Gasteiger partial charge in [0.05, 0.1) is 31.2 Å². The Kier molecular flexibility index (Phi) is 3.50. The second-order valence-corrected chi connectivity index (χ2v) is 4.07. The largest absolute Gasteiger partial charge is 0.493 e. The van der Waals surface area contributed by atoms with Crippen LogP contribution in [0.15, 0.2) is 18.5 Å². The molecule has 0 unspecified atom stereocenters. The van der Waals surface area contributed by atoms with Crippen molar-refractivity contribution < 1.29 is 14.2 Å². The monoisotopic (exact) mass is 248 g/mol. The molecule has 96 valence electrons. The van der Waals surface area contributed by atoms with Gasteiger partial charge in [0.2, 0.25) is 5.88 Å². The zero-order chi connectivity index (χ0) is 13.1. The molecule has 1 aromatic heterocycles. The molecule has 0 fully saturated rings. The lowest BCUT2D eigenvalue weighted by Gasteiger charge is -2.13. The van der Waals surface area contributed by atoms with Crippen LogP contribution in [0.3, 0.4) is 0 Å². The van der Waals surface area contributed by atoms with Crippen LogP contribution in [0.4, 0.5) is 0 Å². The molecule has 5 heteroatoms. The fourth-order valence-electron chi connectivity index (χ4n) is 1.68. The van der Waals surface area contributed by atoms with Crippen molar-refractivity contribution >= 4 is 10.9 Å². The standard InChI is InChI=1S/C13H16N2O3/c1-8(2)18-13-9-5-11(16-3)12(17-4)6-10(9)14-7-15-13/h5-8H,1-4H3. The summed E-state index contributed by atoms with van der Waals surface area (Å²) in [6.45, 7) is 3.91. The molecule has 0 aliphatic heterocycles. The first kappa shape index (κ1) is 12.4. The van der Waals surface area contributed by atoms with Crippen molar-refractivity contribution in [3.05, 3.63) is 18.5 Å². The van der Waals surface area contributed by atoms with E-state index in [2.05, 4.69) is 9.97 Å². The number of benzene rings is 1. The van der Waals surface area contributed by atoms with E-state index in [-0.39, 0.29) is 6.10 Å². The Morgan fingerprint density at radius 1 is 1.00 bits per heavy atom. The van der Waals surface area contributed by atoms with E-state index in [0.717, 1.165) is 10.9 Å². The highest BCUT2D eigenvalue weighted by molar-refractivity contribution is 5.86. The number of fused-ring (bicyclic) bond motifs is 1. The molecule has 5 nitrogen and oxygen atoms in total. The average molecular weight is 248 g/mol. The molecule has 0 saturated heterocycles. The summed E-state index contributed by atoms with van der Waals surface area (Å²) < 4.78 is 16.2. The van der Waals surface area contributed by atoms with Crippen molar-refractivity contribution in [2.24, 2.45) is 0 Å². The molecule has 0 radical (unpaired) electrons. The topological polar surface area (TPSA) is 53.5 Å². The van der Waals surface area contributed by atoms with Gasteiger partial charge in [0, 0.05) is 6.07 Å². The SMILES string of the molecule is COc1cc2ncnc(OC(C)C)c2cc1OC. The first-order valence-corrected chi connectivity index (χ1v) is 5.69. The summed E-state index contributed by atoms with van der Waals surface area (Å²) in [4.78, 5) is 8.35. The smallest absolute Gasteiger partial charge is 0.224 e. The fraction of sp³-hybridized carbons (Fsp3) is 0.385. The van der Waals surface area contributed by atoms with E-state index in [0.29, 0.717) is 17.4 Å². The van der Waals surface area contributed by atoms with Gasteiger partial charge in [0.1, 0.15) is 6.33 Å². The molecule has 1 aromatic carbocycles. The number of hydrogen-bond acceptors (Lipinski definition) is 5. The predicted molar refractivity (Wildman–Crippen MR) is 68.4 cm³/mol. The summed E-state index contributed by atoms with van der Waals surface area (Å²) >= 11 is 0. The second-order valence-electron chi connectivity index (χ2n) is 4.07. The van der Waals surface area contributed by atoms with E-state index >= 15 is 0 Å². The van der Waals surface area contributed by atoms with Gasteiger partial charge in [0.15, 0.2) is 11.5 Å². The van der Waals surface area contributed by atoms with Gasteiger partial charge in [-0.2, -0.15) is 0 Å². The normalized spacial score (nSPS) is 10.7. The number of nitrogens with zero attached hydrogens (tertiary/aromatic N) is 2. The molecule has 0 spiro atoms. The second kappa shape index (κ2) is 5.08. The van der Waals surface area contributed by atoms with E-state index in [1.54, 1.807) is 14.2 Å². The fourth-order valence-corrected chi connectivity index (χ4v) is 1.68. The van der Waals surface area contributed by atoms with Crippen LogP contribution in [0, 0.1) is 0 Å². The number of aromatic nitrogens is 2. The number of ether oxygens (including phenoxy) is 3. The number of methoxy groups -OCH3 is 2. The van der Waals surface area contributed by atoms with Crippen LogP contribution in [0.25, 0.3) is 10.9 Å². The van der Waals surface area contributed by atoms with Crippen LogP contribution in [-0.2, 0) is 0 Å². The van der Waals surface area contributed by atoms with E-state index in [1.165, 1.54) is 6.33 Å². The summed E-state index contributed by atoms with van der Waals surface area (Å²) in [5.41, 5.74) is 0.762. The first-order valence-electron chi connectivity index (χ1n) is 5.69. The van der Waals surface area contributed by atoms with E-state index in [9.17, 15) is 0 Å². The highest BCUT2D eigenvalue weighted by atomic mass is 16.5. The Morgan fingerprint density at radius 2 is 1.67 bits per heavy atom. The molecule has 0 N–H and O–H groups in total. The minimum Gasteiger partial charge on any atom is -0.493 e. The maximum absolute atomic E-state index is 5.65. The minimum atomic E-state index is 0.0520. The summed E-state index contributed by atoms with van der Waals surface area (Å²) in [6.07, 6.45) is 1.53. The average Bonchev–Trinajstić information content (AvgIpc) is 2.37. The molecule has 0 atom stereocenters. The molecule has 2 rings (SSSR count). The molecule has 0 bridgehead atoms. The Labute approximate surface area is 106 Å². The maximum atomic E-state index is 5.65. The highest BCUT2D eigenvalue weighted by Crippen LogP contribution is 2.34. The van der Waals surface area contributed by atoms with Gasteiger partial charge in [-0.1, -0.05) is 0 Å². The summed E-state index contributed by atoms with van der Waals surface area (Å²) in [5, 5.41) is 0.809. The predicted octanol–water partition coefficient (Wildman–Crippen LogP) is 2.43. The van der Waals surface area contributed by atoms with Crippen LogP contribution in [0.1, 0.15) is 13.8 Å². The lowest BCUT2D eigenvalue weighted by Crippen LogP contribution is -2.07. The first-order chi connectivity index (χ1) is 8.65. The molecule has 2 aromatic rings. The third kappa shape index (κ3) is 2.30. The molecule has 0 amide bonds. The third-order valence-electron chi connectivity index (χ3n) is 2.45. The summed E-state index contributed by atoms with van der Waals surface area (Å²) in [7, 11) is 3.19. The summed E-state index contributed by atoms with van der Waals surface area (Å²) in [6, 6.07) is 3.63. The van der Waals surface area contributed by atoms with Crippen molar-refractivity contribution in [1.29, 1.82) is 0 Å². The van der Waals surface area contributed by atoms with Gasteiger partial charge >= 0.3 is 0 Å². The Hall–Kier alpha value is -2.04. The van der Waals surface area contributed by atoms with Crippen molar-refractivity contribution in [2.45, 2.75) is 20.0 Å². The lowest BCUT2D eigenvalue weighted by molar-refractivity contribution is 0.235. The van der Waals surface area contributed by atoms with Gasteiger partial charge in [-0.15, -0.1) is 0 Å². The van der Waals surface area contributed by atoms with Crippen molar-refractivity contribution in [2.75, 3.05) is 14.2 Å². The van der Waals surface area contributed by atoms with Crippen LogP contribution in [-0.4, -0.2) is 30.3 Å². The lowest BCUT2D eigenvalue weighted by atomic mass is 10.2.